The SMILES string of the molecule is C[C@H]1[C@H]([Si](C)(C)O)[C@@H](CC(=O)N2Cc3ccccc3C[C@H]2CO)O[C@]12C(=O)N(Cc1ccc(NC(=O)Cc3c[nH]c4ccccc34)cc1)c1ccc([N+](=O)[O-])cc12. The third-order valence-electron chi connectivity index (χ3n) is 12.0. The molecule has 3 amide bonds. The van der Waals surface area contributed by atoms with Gasteiger partial charge in [0.05, 0.1) is 48.7 Å². The average molecular weight is 788 g/mol. The Kier molecular flexibility index (Phi) is 9.84. The van der Waals surface area contributed by atoms with Gasteiger partial charge in [0, 0.05) is 58.5 Å². The standard InChI is InChI=1S/C43H45N5O8Si/c1-26-41(57(2,3)55)38(21-40(51)46-24-29-9-5-4-8-28(29)18-33(46)25-49)56-43(26)35-20-32(48(53)54)16-17-37(35)47(42(43)52)23-27-12-14-31(15-13-27)45-39(50)19-30-22-44-36-11-7-6-10-34(30)36/h4-17,20,22,26,33,38,41,44,49,55H,18-19,21,23-25H2,1-3H3,(H,45,50)/t26-,33-,38+,41-,43+/m0/s1. The van der Waals surface area contributed by atoms with Crippen molar-refractivity contribution >= 4 is 54.0 Å². The summed E-state index contributed by atoms with van der Waals surface area (Å²) in [5.74, 6) is -1.52. The van der Waals surface area contributed by atoms with E-state index in [1.165, 1.54) is 12.1 Å². The minimum atomic E-state index is -3.17. The number of rotatable bonds is 10. The van der Waals surface area contributed by atoms with E-state index in [9.17, 15) is 34.4 Å². The van der Waals surface area contributed by atoms with Crippen LogP contribution in [0.3, 0.4) is 0 Å². The molecule has 1 aromatic heterocycles. The third kappa shape index (κ3) is 6.82. The number of para-hydroxylation sites is 1. The van der Waals surface area contributed by atoms with Gasteiger partial charge in [-0.15, -0.1) is 0 Å². The number of benzene rings is 4. The van der Waals surface area contributed by atoms with Crippen molar-refractivity contribution in [3.05, 3.63) is 135 Å². The zero-order valence-electron chi connectivity index (χ0n) is 32.0. The van der Waals surface area contributed by atoms with Gasteiger partial charge in [0.1, 0.15) is 0 Å². The van der Waals surface area contributed by atoms with E-state index in [0.717, 1.165) is 33.2 Å². The number of ether oxygens (including phenoxy) is 1. The molecule has 4 N–H and O–H groups in total. The summed E-state index contributed by atoms with van der Waals surface area (Å²) in [5.41, 5.74) is 3.51. The third-order valence-corrected chi connectivity index (χ3v) is 14.5. The van der Waals surface area contributed by atoms with Crippen molar-refractivity contribution in [2.24, 2.45) is 5.92 Å². The molecule has 1 spiro atoms. The van der Waals surface area contributed by atoms with Gasteiger partial charge >= 0.3 is 0 Å². The van der Waals surface area contributed by atoms with Crippen molar-refractivity contribution in [1.29, 1.82) is 0 Å². The molecular weight excluding hydrogens is 743 g/mol. The van der Waals surface area contributed by atoms with Crippen LogP contribution < -0.4 is 10.2 Å². The van der Waals surface area contributed by atoms with Crippen LogP contribution in [0.4, 0.5) is 17.1 Å². The molecule has 14 heteroatoms. The van der Waals surface area contributed by atoms with Crippen LogP contribution in [0.15, 0.2) is 97.2 Å². The summed E-state index contributed by atoms with van der Waals surface area (Å²) in [4.78, 5) is 71.8. The predicted octanol–water partition coefficient (Wildman–Crippen LogP) is 5.94. The number of carbonyl (C=O) groups is 3. The number of anilines is 2. The van der Waals surface area contributed by atoms with E-state index in [4.69, 9.17) is 4.74 Å². The molecule has 0 radical (unpaired) electrons. The van der Waals surface area contributed by atoms with E-state index in [2.05, 4.69) is 10.3 Å². The molecule has 3 aliphatic rings. The zero-order valence-corrected chi connectivity index (χ0v) is 33.0. The summed E-state index contributed by atoms with van der Waals surface area (Å²) < 4.78 is 6.84. The summed E-state index contributed by atoms with van der Waals surface area (Å²) in [6, 6.07) is 26.6. The van der Waals surface area contributed by atoms with Crippen molar-refractivity contribution in [2.45, 2.75) is 75.7 Å². The van der Waals surface area contributed by atoms with Crippen LogP contribution in [0.25, 0.3) is 10.9 Å². The Morgan fingerprint density at radius 1 is 1.04 bits per heavy atom. The fourth-order valence-electron chi connectivity index (χ4n) is 9.40. The number of aromatic amines is 1. The van der Waals surface area contributed by atoms with Gasteiger partial charge in [-0.05, 0) is 66.0 Å². The Bertz CT molecular complexity index is 2390. The number of aliphatic hydroxyl groups excluding tert-OH is 1. The molecular formula is C43H45N5O8Si. The summed E-state index contributed by atoms with van der Waals surface area (Å²) in [6.07, 6.45) is 1.50. The van der Waals surface area contributed by atoms with Gasteiger partial charge in [-0.25, -0.2) is 0 Å². The first-order valence-electron chi connectivity index (χ1n) is 19.2. The highest BCUT2D eigenvalue weighted by Crippen LogP contribution is 2.60. The van der Waals surface area contributed by atoms with Crippen molar-refractivity contribution in [2.75, 3.05) is 16.8 Å². The number of amides is 3. The molecule has 0 aliphatic carbocycles. The molecule has 4 aromatic carbocycles. The summed E-state index contributed by atoms with van der Waals surface area (Å²) in [7, 11) is -3.17. The van der Waals surface area contributed by atoms with Crippen LogP contribution >= 0.6 is 0 Å². The molecule has 57 heavy (non-hydrogen) atoms. The lowest BCUT2D eigenvalue weighted by atomic mass is 9.82. The quantitative estimate of drug-likeness (QED) is 0.0764. The van der Waals surface area contributed by atoms with E-state index in [0.29, 0.717) is 29.9 Å². The largest absolute Gasteiger partial charge is 0.432 e. The fourth-order valence-corrected chi connectivity index (χ4v) is 12.0. The van der Waals surface area contributed by atoms with Crippen LogP contribution in [0.1, 0.15) is 41.2 Å². The maximum atomic E-state index is 15.0. The highest BCUT2D eigenvalue weighted by atomic mass is 28.4. The molecule has 13 nitrogen and oxygen atoms in total. The molecule has 8 rings (SSSR count). The van der Waals surface area contributed by atoms with Crippen LogP contribution in [0.5, 0.6) is 0 Å². The Hall–Kier alpha value is -5.67. The second kappa shape index (κ2) is 14.7. The van der Waals surface area contributed by atoms with Gasteiger partial charge in [0.2, 0.25) is 11.8 Å². The first-order valence-corrected chi connectivity index (χ1v) is 22.2. The molecule has 0 bridgehead atoms. The smallest absolute Gasteiger partial charge is 0.269 e. The fraction of sp³-hybridized carbons (Fsp3) is 0.326. The van der Waals surface area contributed by atoms with Crippen molar-refractivity contribution in [1.82, 2.24) is 9.88 Å². The molecule has 4 heterocycles. The maximum Gasteiger partial charge on any atom is 0.269 e. The van der Waals surface area contributed by atoms with Gasteiger partial charge in [-0.2, -0.15) is 0 Å². The molecule has 3 aliphatic heterocycles. The molecule has 0 saturated carbocycles. The number of non-ortho nitro benzene ring substituents is 1. The monoisotopic (exact) mass is 787 g/mol. The first kappa shape index (κ1) is 38.2. The average Bonchev–Trinajstić information content (AvgIpc) is 3.81. The predicted molar refractivity (Wildman–Crippen MR) is 217 cm³/mol. The zero-order chi connectivity index (χ0) is 40.2. The first-order chi connectivity index (χ1) is 27.3. The second-order valence-electron chi connectivity index (χ2n) is 16.0. The Morgan fingerprint density at radius 3 is 2.47 bits per heavy atom. The Labute approximate surface area is 330 Å². The second-order valence-corrected chi connectivity index (χ2v) is 20.0. The van der Waals surface area contributed by atoms with Crippen LogP contribution in [-0.2, 0) is 50.7 Å². The minimum Gasteiger partial charge on any atom is -0.432 e. The van der Waals surface area contributed by atoms with Gasteiger partial charge in [-0.1, -0.05) is 61.5 Å². The number of aromatic nitrogens is 1. The van der Waals surface area contributed by atoms with E-state index in [1.807, 2.05) is 73.8 Å². The number of nitrogens with zero attached hydrogens (tertiary/aromatic N) is 3. The number of aliphatic hydroxyl groups is 1. The number of fused-ring (bicyclic) bond motifs is 4. The molecule has 5 atom stereocenters. The van der Waals surface area contributed by atoms with E-state index in [-0.39, 0.29) is 43.5 Å². The van der Waals surface area contributed by atoms with Gasteiger partial charge in [0.25, 0.3) is 11.6 Å². The van der Waals surface area contributed by atoms with Gasteiger partial charge in [0.15, 0.2) is 13.9 Å². The molecule has 1 saturated heterocycles. The van der Waals surface area contributed by atoms with Crippen molar-refractivity contribution in [3.8, 4) is 0 Å². The van der Waals surface area contributed by atoms with Crippen LogP contribution in [0.2, 0.25) is 18.6 Å². The van der Waals surface area contributed by atoms with Crippen molar-refractivity contribution < 1.29 is 33.9 Å². The Balaban J connectivity index is 1.06. The number of nitrogens with one attached hydrogen (secondary N) is 2. The topological polar surface area (TPSA) is 178 Å². The number of hydrogen-bond acceptors (Lipinski definition) is 8. The maximum absolute atomic E-state index is 15.0. The van der Waals surface area contributed by atoms with Crippen molar-refractivity contribution in [3.63, 3.8) is 0 Å². The summed E-state index contributed by atoms with van der Waals surface area (Å²) >= 11 is 0. The van der Waals surface area contributed by atoms with Gasteiger partial charge in [-0.3, -0.25) is 24.5 Å². The van der Waals surface area contributed by atoms with Crippen LogP contribution in [-0.4, -0.2) is 69.5 Å². The Morgan fingerprint density at radius 2 is 1.75 bits per heavy atom. The number of hydrogen-bond donors (Lipinski definition) is 4. The lowest BCUT2D eigenvalue weighted by Crippen LogP contribution is -2.48. The molecule has 294 valence electrons. The summed E-state index contributed by atoms with van der Waals surface area (Å²) in [5, 5.41) is 26.3. The minimum absolute atomic E-state index is 0.102. The lowest BCUT2D eigenvalue weighted by Gasteiger charge is -2.37. The number of carbonyl (C=O) groups excluding carboxylic acids is 3. The lowest BCUT2D eigenvalue weighted by molar-refractivity contribution is -0.385. The van der Waals surface area contributed by atoms with E-state index < -0.39 is 48.4 Å². The number of nitro groups is 1. The molecule has 1 fully saturated rings. The molecule has 5 aromatic rings. The van der Waals surface area contributed by atoms with E-state index >= 15 is 0 Å². The van der Waals surface area contributed by atoms with Crippen LogP contribution in [0, 0.1) is 16.0 Å². The summed E-state index contributed by atoms with van der Waals surface area (Å²) in [6.45, 7) is 5.53. The van der Waals surface area contributed by atoms with Gasteiger partial charge < -0.3 is 34.7 Å². The highest BCUT2D eigenvalue weighted by Gasteiger charge is 2.66. The molecule has 0 unspecified atom stereocenters. The highest BCUT2D eigenvalue weighted by molar-refractivity contribution is 6.71. The normalized spacial score (nSPS) is 22.9. The van der Waals surface area contributed by atoms with E-state index in [1.54, 1.807) is 41.1 Å². The number of nitro benzene ring substituents is 1. The number of H-pyrrole nitrogens is 1.